The van der Waals surface area contributed by atoms with Crippen LogP contribution in [0.25, 0.3) is 22.0 Å². The van der Waals surface area contributed by atoms with Crippen molar-refractivity contribution in [1.82, 2.24) is 4.98 Å². The van der Waals surface area contributed by atoms with Gasteiger partial charge in [-0.15, -0.1) is 0 Å². The molecule has 0 radical (unpaired) electrons. The molecule has 148 valence electrons. The summed E-state index contributed by atoms with van der Waals surface area (Å²) in [5.74, 6) is 2.59. The standard InChI is InChI=1S/C23H23N3O3/c1-27-19-12-17(13-20(28-2)23(19)29-3)25-21-11-15-7-5-9-18(22(15)26-21)14-6-4-8-16(24)10-14/h4-13,25-26H,24H2,1-3H3. The summed E-state index contributed by atoms with van der Waals surface area (Å²) in [6.07, 6.45) is 0. The first-order valence-electron chi connectivity index (χ1n) is 9.17. The normalized spacial score (nSPS) is 10.7. The third kappa shape index (κ3) is 3.52. The van der Waals surface area contributed by atoms with Gasteiger partial charge in [0.15, 0.2) is 11.5 Å². The maximum atomic E-state index is 5.97. The number of aromatic nitrogens is 1. The Labute approximate surface area is 169 Å². The van der Waals surface area contributed by atoms with Crippen LogP contribution in [0.4, 0.5) is 17.2 Å². The molecule has 0 fully saturated rings. The average Bonchev–Trinajstić information content (AvgIpc) is 3.15. The minimum absolute atomic E-state index is 0.557. The Morgan fingerprint density at radius 1 is 0.828 bits per heavy atom. The number of nitrogens with two attached hydrogens (primary N) is 1. The number of benzene rings is 3. The maximum absolute atomic E-state index is 5.97. The van der Waals surface area contributed by atoms with Crippen LogP contribution in [0.15, 0.2) is 60.7 Å². The first-order valence-corrected chi connectivity index (χ1v) is 9.17. The van der Waals surface area contributed by atoms with Crippen LogP contribution in [0.5, 0.6) is 17.2 Å². The summed E-state index contributed by atoms with van der Waals surface area (Å²) in [5, 5.41) is 4.49. The van der Waals surface area contributed by atoms with Crippen molar-refractivity contribution in [2.75, 3.05) is 32.4 Å². The average molecular weight is 389 g/mol. The highest BCUT2D eigenvalue weighted by Crippen LogP contribution is 2.41. The van der Waals surface area contributed by atoms with E-state index in [9.17, 15) is 0 Å². The maximum Gasteiger partial charge on any atom is 0.203 e. The minimum atomic E-state index is 0.557. The van der Waals surface area contributed by atoms with E-state index in [0.717, 1.165) is 39.2 Å². The van der Waals surface area contributed by atoms with Crippen molar-refractivity contribution in [2.24, 2.45) is 0 Å². The van der Waals surface area contributed by atoms with E-state index < -0.39 is 0 Å². The fraction of sp³-hybridized carbons (Fsp3) is 0.130. The zero-order chi connectivity index (χ0) is 20.4. The van der Waals surface area contributed by atoms with E-state index in [1.165, 1.54) is 0 Å². The zero-order valence-corrected chi connectivity index (χ0v) is 16.6. The monoisotopic (exact) mass is 389 g/mol. The van der Waals surface area contributed by atoms with Gasteiger partial charge in [0.25, 0.3) is 0 Å². The summed E-state index contributed by atoms with van der Waals surface area (Å²) < 4.78 is 16.3. The smallest absolute Gasteiger partial charge is 0.203 e. The molecule has 6 heteroatoms. The highest BCUT2D eigenvalue weighted by molar-refractivity contribution is 5.97. The highest BCUT2D eigenvalue weighted by atomic mass is 16.5. The molecule has 0 aliphatic rings. The van der Waals surface area contributed by atoms with Gasteiger partial charge in [0.1, 0.15) is 5.82 Å². The quantitative estimate of drug-likeness (QED) is 0.396. The predicted molar refractivity (Wildman–Crippen MR) is 118 cm³/mol. The molecule has 0 unspecified atom stereocenters. The third-order valence-corrected chi connectivity index (χ3v) is 4.80. The van der Waals surface area contributed by atoms with E-state index in [1.807, 2.05) is 36.4 Å². The second-order valence-electron chi connectivity index (χ2n) is 6.62. The van der Waals surface area contributed by atoms with Gasteiger partial charge in [0, 0.05) is 34.5 Å². The van der Waals surface area contributed by atoms with E-state index in [0.29, 0.717) is 17.2 Å². The second-order valence-corrected chi connectivity index (χ2v) is 6.62. The summed E-state index contributed by atoms with van der Waals surface area (Å²) in [6.45, 7) is 0. The molecule has 1 heterocycles. The van der Waals surface area contributed by atoms with Gasteiger partial charge in [-0.1, -0.05) is 30.3 Å². The van der Waals surface area contributed by atoms with Gasteiger partial charge in [0.2, 0.25) is 5.75 Å². The van der Waals surface area contributed by atoms with Gasteiger partial charge in [-0.3, -0.25) is 0 Å². The number of hydrogen-bond acceptors (Lipinski definition) is 5. The molecule has 0 spiro atoms. The van der Waals surface area contributed by atoms with Gasteiger partial charge < -0.3 is 30.2 Å². The number of nitrogen functional groups attached to an aromatic ring is 1. The lowest BCUT2D eigenvalue weighted by molar-refractivity contribution is 0.324. The minimum Gasteiger partial charge on any atom is -0.493 e. The molecule has 0 amide bonds. The number of aromatic amines is 1. The highest BCUT2D eigenvalue weighted by Gasteiger charge is 2.14. The van der Waals surface area contributed by atoms with Crippen LogP contribution >= 0.6 is 0 Å². The molecule has 0 saturated carbocycles. The molecule has 0 aliphatic carbocycles. The molecule has 0 saturated heterocycles. The van der Waals surface area contributed by atoms with Crippen molar-refractivity contribution in [2.45, 2.75) is 0 Å². The van der Waals surface area contributed by atoms with Gasteiger partial charge >= 0.3 is 0 Å². The Morgan fingerprint density at radius 2 is 1.55 bits per heavy atom. The summed E-state index contributed by atoms with van der Waals surface area (Å²) in [6, 6.07) is 19.9. The number of para-hydroxylation sites is 1. The molecule has 6 nitrogen and oxygen atoms in total. The van der Waals surface area contributed by atoms with Crippen LogP contribution in [0, 0.1) is 0 Å². The van der Waals surface area contributed by atoms with Crippen molar-refractivity contribution in [3.05, 3.63) is 60.7 Å². The molecular weight excluding hydrogens is 366 g/mol. The van der Waals surface area contributed by atoms with Crippen molar-refractivity contribution in [3.63, 3.8) is 0 Å². The molecule has 0 atom stereocenters. The van der Waals surface area contributed by atoms with Crippen molar-refractivity contribution >= 4 is 28.1 Å². The largest absolute Gasteiger partial charge is 0.493 e. The second kappa shape index (κ2) is 7.67. The van der Waals surface area contributed by atoms with E-state index in [2.05, 4.69) is 34.6 Å². The van der Waals surface area contributed by atoms with Gasteiger partial charge in [-0.25, -0.2) is 0 Å². The zero-order valence-electron chi connectivity index (χ0n) is 16.6. The van der Waals surface area contributed by atoms with Gasteiger partial charge in [-0.05, 0) is 23.8 Å². The lowest BCUT2D eigenvalue weighted by Crippen LogP contribution is -1.98. The molecular formula is C23H23N3O3. The molecule has 3 aromatic carbocycles. The first-order chi connectivity index (χ1) is 14.1. The van der Waals surface area contributed by atoms with Gasteiger partial charge in [-0.2, -0.15) is 0 Å². The number of nitrogens with one attached hydrogen (secondary N) is 2. The number of anilines is 3. The Morgan fingerprint density at radius 3 is 2.21 bits per heavy atom. The number of methoxy groups -OCH3 is 3. The third-order valence-electron chi connectivity index (χ3n) is 4.80. The fourth-order valence-corrected chi connectivity index (χ4v) is 3.48. The SMILES string of the molecule is COc1cc(Nc2cc3cccc(-c4cccc(N)c4)c3[nH]2)cc(OC)c1OC. The van der Waals surface area contributed by atoms with Crippen molar-refractivity contribution in [3.8, 4) is 28.4 Å². The van der Waals surface area contributed by atoms with Crippen LogP contribution in [-0.2, 0) is 0 Å². The Kier molecular flexibility index (Phi) is 4.91. The first kappa shape index (κ1) is 18.6. The molecule has 4 N–H and O–H groups in total. The van der Waals surface area contributed by atoms with Crippen LogP contribution in [0.2, 0.25) is 0 Å². The predicted octanol–water partition coefficient (Wildman–Crippen LogP) is 5.19. The summed E-state index contributed by atoms with van der Waals surface area (Å²) in [5.41, 5.74) is 10.7. The summed E-state index contributed by atoms with van der Waals surface area (Å²) in [4.78, 5) is 3.47. The molecule has 29 heavy (non-hydrogen) atoms. The summed E-state index contributed by atoms with van der Waals surface area (Å²) in [7, 11) is 4.78. The molecule has 4 aromatic rings. The lowest BCUT2D eigenvalue weighted by Gasteiger charge is -2.14. The number of hydrogen-bond donors (Lipinski definition) is 3. The van der Waals surface area contributed by atoms with E-state index in [1.54, 1.807) is 21.3 Å². The Hall–Kier alpha value is -3.80. The van der Waals surface area contributed by atoms with E-state index in [-0.39, 0.29) is 0 Å². The number of ether oxygens (including phenoxy) is 3. The topological polar surface area (TPSA) is 81.5 Å². The Bertz CT molecular complexity index is 1140. The number of fused-ring (bicyclic) bond motifs is 1. The van der Waals surface area contributed by atoms with Crippen molar-refractivity contribution < 1.29 is 14.2 Å². The molecule has 4 rings (SSSR count). The molecule has 1 aromatic heterocycles. The molecule has 0 bridgehead atoms. The van der Waals surface area contributed by atoms with Crippen LogP contribution in [-0.4, -0.2) is 26.3 Å². The van der Waals surface area contributed by atoms with Crippen LogP contribution in [0.3, 0.4) is 0 Å². The fourth-order valence-electron chi connectivity index (χ4n) is 3.48. The van der Waals surface area contributed by atoms with Crippen LogP contribution < -0.4 is 25.3 Å². The lowest BCUT2D eigenvalue weighted by atomic mass is 10.0. The number of H-pyrrole nitrogens is 1. The van der Waals surface area contributed by atoms with E-state index in [4.69, 9.17) is 19.9 Å². The number of rotatable bonds is 6. The van der Waals surface area contributed by atoms with Crippen molar-refractivity contribution in [1.29, 1.82) is 0 Å². The Balaban J connectivity index is 1.74. The molecule has 0 aliphatic heterocycles. The van der Waals surface area contributed by atoms with Gasteiger partial charge in [0.05, 0.1) is 26.8 Å². The summed E-state index contributed by atoms with van der Waals surface area (Å²) >= 11 is 0. The van der Waals surface area contributed by atoms with Crippen LogP contribution in [0.1, 0.15) is 0 Å². The van der Waals surface area contributed by atoms with E-state index >= 15 is 0 Å².